The molecule has 0 aliphatic rings. The summed E-state index contributed by atoms with van der Waals surface area (Å²) in [5, 5.41) is 17.4. The lowest BCUT2D eigenvalue weighted by atomic mass is 10.1. The Morgan fingerprint density at radius 1 is 1.12 bits per heavy atom. The first-order valence-corrected chi connectivity index (χ1v) is 6.18. The van der Waals surface area contributed by atoms with Crippen LogP contribution in [0.2, 0.25) is 0 Å². The van der Waals surface area contributed by atoms with Gasteiger partial charge < -0.3 is 14.9 Å². The minimum Gasteiger partial charge on any atom is -0.464 e. The molecule has 4 heteroatoms. The molecule has 96 valence electrons. The fourth-order valence-electron chi connectivity index (χ4n) is 1.40. The highest BCUT2D eigenvalue weighted by Gasteiger charge is 2.14. The van der Waals surface area contributed by atoms with Gasteiger partial charge in [0.1, 0.15) is 0 Å². The molecule has 0 saturated heterocycles. The highest BCUT2D eigenvalue weighted by Crippen LogP contribution is 2.06. The van der Waals surface area contributed by atoms with Gasteiger partial charge in [-0.05, 0) is 6.42 Å². The molecule has 0 rings (SSSR count). The van der Waals surface area contributed by atoms with Crippen molar-refractivity contribution in [2.45, 2.75) is 58.0 Å². The SMILES string of the molecule is CCCCCCCCCOC(=O)[C@H](O)CO. The van der Waals surface area contributed by atoms with E-state index in [1.807, 2.05) is 0 Å². The van der Waals surface area contributed by atoms with Gasteiger partial charge in [0.15, 0.2) is 6.10 Å². The minimum absolute atomic E-state index is 0.337. The van der Waals surface area contributed by atoms with Crippen molar-refractivity contribution in [1.29, 1.82) is 0 Å². The predicted octanol–water partition coefficient (Wildman–Crippen LogP) is 1.63. The van der Waals surface area contributed by atoms with Crippen LogP contribution in [-0.4, -0.2) is 35.5 Å². The summed E-state index contributed by atoms with van der Waals surface area (Å²) in [5.41, 5.74) is 0. The average Bonchev–Trinajstić information content (AvgIpc) is 2.31. The summed E-state index contributed by atoms with van der Waals surface area (Å²) in [6.07, 6.45) is 6.71. The van der Waals surface area contributed by atoms with E-state index in [1.165, 1.54) is 32.1 Å². The van der Waals surface area contributed by atoms with E-state index in [0.717, 1.165) is 12.8 Å². The molecule has 0 radical (unpaired) electrons. The maximum Gasteiger partial charge on any atom is 0.337 e. The van der Waals surface area contributed by atoms with Crippen LogP contribution < -0.4 is 0 Å². The van der Waals surface area contributed by atoms with Gasteiger partial charge in [0.05, 0.1) is 13.2 Å². The minimum atomic E-state index is -1.38. The summed E-state index contributed by atoms with van der Waals surface area (Å²) >= 11 is 0. The quantitative estimate of drug-likeness (QED) is 0.444. The van der Waals surface area contributed by atoms with Crippen molar-refractivity contribution in [2.24, 2.45) is 0 Å². The van der Waals surface area contributed by atoms with Crippen LogP contribution in [0.15, 0.2) is 0 Å². The van der Waals surface area contributed by atoms with Gasteiger partial charge >= 0.3 is 5.97 Å². The molecule has 4 nitrogen and oxygen atoms in total. The van der Waals surface area contributed by atoms with E-state index in [2.05, 4.69) is 6.92 Å². The summed E-state index contributed by atoms with van der Waals surface area (Å²) in [5.74, 6) is -0.728. The van der Waals surface area contributed by atoms with E-state index >= 15 is 0 Å². The van der Waals surface area contributed by atoms with Crippen molar-refractivity contribution in [2.75, 3.05) is 13.2 Å². The molecule has 0 aromatic carbocycles. The Balaban J connectivity index is 3.18. The van der Waals surface area contributed by atoms with E-state index in [4.69, 9.17) is 14.9 Å². The summed E-state index contributed by atoms with van der Waals surface area (Å²) in [6, 6.07) is 0. The summed E-state index contributed by atoms with van der Waals surface area (Å²) in [4.78, 5) is 10.9. The summed E-state index contributed by atoms with van der Waals surface area (Å²) in [6.45, 7) is 1.95. The van der Waals surface area contributed by atoms with Gasteiger partial charge in [-0.15, -0.1) is 0 Å². The molecular formula is C12H24O4. The third-order valence-electron chi connectivity index (χ3n) is 2.44. The lowest BCUT2D eigenvalue weighted by Crippen LogP contribution is -2.26. The van der Waals surface area contributed by atoms with Crippen LogP contribution in [0.5, 0.6) is 0 Å². The lowest BCUT2D eigenvalue weighted by Gasteiger charge is -2.07. The van der Waals surface area contributed by atoms with Crippen LogP contribution in [0.25, 0.3) is 0 Å². The van der Waals surface area contributed by atoms with Crippen LogP contribution in [0.1, 0.15) is 51.9 Å². The molecule has 0 unspecified atom stereocenters. The van der Waals surface area contributed by atoms with Gasteiger partial charge in [-0.2, -0.15) is 0 Å². The zero-order chi connectivity index (χ0) is 12.2. The van der Waals surface area contributed by atoms with Crippen molar-refractivity contribution < 1.29 is 19.7 Å². The molecule has 0 heterocycles. The number of unbranched alkanes of at least 4 members (excludes halogenated alkanes) is 6. The standard InChI is InChI=1S/C12H24O4/c1-2-3-4-5-6-7-8-9-16-12(15)11(14)10-13/h11,13-14H,2-10H2,1H3/t11-/m1/s1. The van der Waals surface area contributed by atoms with Crippen LogP contribution in [0, 0.1) is 0 Å². The van der Waals surface area contributed by atoms with Crippen molar-refractivity contribution >= 4 is 5.97 Å². The Morgan fingerprint density at radius 2 is 1.69 bits per heavy atom. The second-order valence-electron chi connectivity index (χ2n) is 3.99. The number of aliphatic hydroxyl groups excluding tert-OH is 2. The second-order valence-corrected chi connectivity index (χ2v) is 3.99. The van der Waals surface area contributed by atoms with E-state index in [1.54, 1.807) is 0 Å². The molecule has 0 saturated carbocycles. The van der Waals surface area contributed by atoms with Gasteiger partial charge in [0.2, 0.25) is 0 Å². The highest BCUT2D eigenvalue weighted by atomic mass is 16.5. The predicted molar refractivity (Wildman–Crippen MR) is 62.0 cm³/mol. The highest BCUT2D eigenvalue weighted by molar-refractivity contribution is 5.74. The molecule has 0 aliphatic carbocycles. The maximum atomic E-state index is 10.9. The zero-order valence-corrected chi connectivity index (χ0v) is 10.2. The van der Waals surface area contributed by atoms with Gasteiger partial charge in [-0.25, -0.2) is 4.79 Å². The maximum absolute atomic E-state index is 10.9. The summed E-state index contributed by atoms with van der Waals surface area (Å²) < 4.78 is 4.77. The van der Waals surface area contributed by atoms with Crippen molar-refractivity contribution in [3.05, 3.63) is 0 Å². The first kappa shape index (κ1) is 15.4. The molecule has 0 aromatic rings. The number of carbonyl (C=O) groups is 1. The normalized spacial score (nSPS) is 12.4. The van der Waals surface area contributed by atoms with E-state index in [0.29, 0.717) is 6.61 Å². The van der Waals surface area contributed by atoms with Crippen molar-refractivity contribution in [3.8, 4) is 0 Å². The third kappa shape index (κ3) is 8.68. The number of ether oxygens (including phenoxy) is 1. The molecule has 2 N–H and O–H groups in total. The molecule has 16 heavy (non-hydrogen) atoms. The number of hydrogen-bond donors (Lipinski definition) is 2. The van der Waals surface area contributed by atoms with Gasteiger partial charge in [0.25, 0.3) is 0 Å². The van der Waals surface area contributed by atoms with Crippen molar-refractivity contribution in [3.63, 3.8) is 0 Å². The Hall–Kier alpha value is -0.610. The molecule has 0 fully saturated rings. The molecule has 0 aromatic heterocycles. The van der Waals surface area contributed by atoms with Gasteiger partial charge in [-0.3, -0.25) is 0 Å². The first-order chi connectivity index (χ1) is 7.72. The van der Waals surface area contributed by atoms with Crippen LogP contribution in [0.3, 0.4) is 0 Å². The topological polar surface area (TPSA) is 66.8 Å². The molecular weight excluding hydrogens is 208 g/mol. The van der Waals surface area contributed by atoms with Gasteiger partial charge in [-0.1, -0.05) is 45.4 Å². The Morgan fingerprint density at radius 3 is 2.25 bits per heavy atom. The number of rotatable bonds is 10. The first-order valence-electron chi connectivity index (χ1n) is 6.18. The van der Waals surface area contributed by atoms with Crippen LogP contribution >= 0.6 is 0 Å². The largest absolute Gasteiger partial charge is 0.464 e. The number of hydrogen-bond acceptors (Lipinski definition) is 4. The van der Waals surface area contributed by atoms with E-state index in [-0.39, 0.29) is 0 Å². The molecule has 0 aliphatic heterocycles. The summed E-state index contributed by atoms with van der Waals surface area (Å²) in [7, 11) is 0. The fraction of sp³-hybridized carbons (Fsp3) is 0.917. The molecule has 0 bridgehead atoms. The number of esters is 1. The average molecular weight is 232 g/mol. The number of aliphatic hydroxyl groups is 2. The smallest absolute Gasteiger partial charge is 0.337 e. The van der Waals surface area contributed by atoms with Crippen molar-refractivity contribution in [1.82, 2.24) is 0 Å². The Labute approximate surface area is 97.6 Å². The molecule has 0 amide bonds. The van der Waals surface area contributed by atoms with Crippen LogP contribution in [0.4, 0.5) is 0 Å². The monoisotopic (exact) mass is 232 g/mol. The fourth-order valence-corrected chi connectivity index (χ4v) is 1.40. The molecule has 1 atom stereocenters. The lowest BCUT2D eigenvalue weighted by molar-refractivity contribution is -0.155. The number of carbonyl (C=O) groups excluding carboxylic acids is 1. The Kier molecular flexibility index (Phi) is 10.5. The third-order valence-corrected chi connectivity index (χ3v) is 2.44. The van der Waals surface area contributed by atoms with Gasteiger partial charge in [0, 0.05) is 0 Å². The second kappa shape index (κ2) is 10.9. The zero-order valence-electron chi connectivity index (χ0n) is 10.2. The molecule has 0 spiro atoms. The van der Waals surface area contributed by atoms with Crippen LogP contribution in [-0.2, 0) is 9.53 Å². The van der Waals surface area contributed by atoms with E-state index in [9.17, 15) is 4.79 Å². The van der Waals surface area contributed by atoms with E-state index < -0.39 is 18.7 Å². The Bertz CT molecular complexity index is 170.